The van der Waals surface area contributed by atoms with Crippen molar-refractivity contribution in [2.24, 2.45) is 0 Å². The molecule has 2 atom stereocenters. The Morgan fingerprint density at radius 3 is 2.32 bits per heavy atom. The molecular weight excluding hydrogens is 644 g/mol. The van der Waals surface area contributed by atoms with E-state index in [0.29, 0.717) is 5.56 Å². The first-order valence-electron chi connectivity index (χ1n) is 14.7. The highest BCUT2D eigenvalue weighted by atomic mass is 35.5. The van der Waals surface area contributed by atoms with Crippen LogP contribution >= 0.6 is 11.6 Å². The fraction of sp³-hybridized carbons (Fsp3) is 0.394. The van der Waals surface area contributed by atoms with Crippen LogP contribution in [0.25, 0.3) is 0 Å². The number of halogens is 5. The number of aromatic nitrogens is 1. The van der Waals surface area contributed by atoms with Gasteiger partial charge in [-0.25, -0.2) is 9.59 Å². The molecule has 47 heavy (non-hydrogen) atoms. The normalized spacial score (nSPS) is 16.8. The summed E-state index contributed by atoms with van der Waals surface area (Å²) < 4.78 is 63.9. The number of urea groups is 1. The lowest BCUT2D eigenvalue weighted by atomic mass is 9.80. The molecule has 2 heterocycles. The maximum absolute atomic E-state index is 14.3. The number of alkyl halides is 4. The molecule has 0 spiro atoms. The summed E-state index contributed by atoms with van der Waals surface area (Å²) in [7, 11) is 0. The number of Topliss-reactive ketones (excluding diaryl/α,β-unsaturated/α-hetero) is 1. The van der Waals surface area contributed by atoms with Crippen LogP contribution in [0.5, 0.6) is 5.75 Å². The van der Waals surface area contributed by atoms with Gasteiger partial charge in [-0.15, -0.1) is 0 Å². The molecule has 1 aliphatic rings. The third kappa shape index (κ3) is 8.70. The van der Waals surface area contributed by atoms with Crippen molar-refractivity contribution in [1.82, 2.24) is 20.1 Å². The molecule has 1 aliphatic heterocycles. The number of carbonyl (C=O) groups is 3. The van der Waals surface area contributed by atoms with Gasteiger partial charge in [-0.2, -0.15) is 17.6 Å². The first-order chi connectivity index (χ1) is 22.0. The summed E-state index contributed by atoms with van der Waals surface area (Å²) in [4.78, 5) is 47.0. The van der Waals surface area contributed by atoms with Crippen LogP contribution in [-0.2, 0) is 21.5 Å². The van der Waals surface area contributed by atoms with Crippen molar-refractivity contribution in [1.29, 1.82) is 0 Å². The summed E-state index contributed by atoms with van der Waals surface area (Å²) in [5, 5.41) is 3.26. The lowest BCUT2D eigenvalue weighted by molar-refractivity contribution is -0.253. The van der Waals surface area contributed by atoms with Gasteiger partial charge >= 0.3 is 24.7 Å². The largest absolute Gasteiger partial charge is 0.461 e. The quantitative estimate of drug-likeness (QED) is 0.254. The van der Waals surface area contributed by atoms with Gasteiger partial charge in [-0.1, -0.05) is 54.1 Å². The second-order valence-electron chi connectivity index (χ2n) is 12.1. The summed E-state index contributed by atoms with van der Waals surface area (Å²) in [5.74, 6) is -0.975. The van der Waals surface area contributed by atoms with Gasteiger partial charge in [-0.3, -0.25) is 9.78 Å². The zero-order valence-electron chi connectivity index (χ0n) is 26.2. The number of nitrogens with zero attached hydrogens (tertiary/aromatic N) is 3. The van der Waals surface area contributed by atoms with Gasteiger partial charge in [0.2, 0.25) is 0 Å². The first kappa shape index (κ1) is 35.5. The van der Waals surface area contributed by atoms with E-state index in [-0.39, 0.29) is 42.3 Å². The fourth-order valence-electron chi connectivity index (χ4n) is 5.20. The van der Waals surface area contributed by atoms with Gasteiger partial charge in [-0.05, 0) is 63.1 Å². The summed E-state index contributed by atoms with van der Waals surface area (Å²) in [6.07, 6.45) is -8.17. The van der Waals surface area contributed by atoms with E-state index in [1.165, 1.54) is 47.2 Å². The maximum atomic E-state index is 14.3. The number of nitrogens with one attached hydrogen (secondary N) is 1. The number of amides is 3. The topological polar surface area (TPSA) is 101 Å². The lowest BCUT2D eigenvalue weighted by Gasteiger charge is -2.43. The number of ether oxygens (including phenoxy) is 2. The third-order valence-corrected chi connectivity index (χ3v) is 7.62. The highest BCUT2D eigenvalue weighted by Gasteiger charge is 2.46. The second kappa shape index (κ2) is 14.2. The number of piperazine rings is 1. The molecule has 1 aromatic heterocycles. The van der Waals surface area contributed by atoms with Crippen molar-refractivity contribution in [3.05, 3.63) is 94.8 Å². The highest BCUT2D eigenvalue weighted by Crippen LogP contribution is 2.37. The zero-order chi connectivity index (χ0) is 34.6. The van der Waals surface area contributed by atoms with E-state index in [9.17, 15) is 31.9 Å². The van der Waals surface area contributed by atoms with E-state index < -0.39 is 53.4 Å². The highest BCUT2D eigenvalue weighted by molar-refractivity contribution is 6.30. The molecule has 3 aromatic rings. The molecule has 0 unspecified atom stereocenters. The molecule has 1 N–H and O–H groups in total. The Morgan fingerprint density at radius 2 is 1.72 bits per heavy atom. The molecule has 2 aromatic carbocycles. The van der Waals surface area contributed by atoms with Crippen LogP contribution in [0.15, 0.2) is 72.9 Å². The summed E-state index contributed by atoms with van der Waals surface area (Å²) in [5.41, 5.74) is -1.34. The number of ketones is 1. The molecule has 0 radical (unpaired) electrons. The van der Waals surface area contributed by atoms with Crippen molar-refractivity contribution in [3.8, 4) is 5.75 Å². The smallest absolute Gasteiger partial charge is 0.444 e. The number of hydrogen-bond donors (Lipinski definition) is 1. The second-order valence-corrected chi connectivity index (χ2v) is 12.5. The standard InChI is InChI=1S/C33H35ClF4N4O5/c1-21(43)26-20-41(30(45)47-31(2,3)4)15-16-42(26)29(44)40-32(18-22-9-6-5-7-10-22,27-14-13-24(34)19-39-27)23-11-8-12-25(17-23)46-33(37,38)28(35)36/h5-14,17,19,26,28H,15-16,18,20H2,1-4H3,(H,40,44)/t26-,32-/m0/s1. The number of hydrogen-bond acceptors (Lipinski definition) is 6. The average molecular weight is 679 g/mol. The van der Waals surface area contributed by atoms with Gasteiger partial charge in [0.1, 0.15) is 22.9 Å². The SMILES string of the molecule is CC(=O)[C@@H]1CN(C(=O)OC(C)(C)C)CCN1C(=O)N[C@@](Cc1ccccc1)(c1cccc(OC(F)(F)C(F)F)c1)c1ccc(Cl)cn1. The molecule has 1 saturated heterocycles. The van der Waals surface area contributed by atoms with Crippen molar-refractivity contribution in [3.63, 3.8) is 0 Å². The molecule has 3 amide bonds. The molecule has 9 nitrogen and oxygen atoms in total. The summed E-state index contributed by atoms with van der Waals surface area (Å²) in [6, 6.07) is 15.2. The molecule has 1 fully saturated rings. The van der Waals surface area contributed by atoms with Crippen molar-refractivity contribution >= 4 is 29.5 Å². The Bertz CT molecular complexity index is 1570. The van der Waals surface area contributed by atoms with Gasteiger partial charge in [0.15, 0.2) is 5.78 Å². The van der Waals surface area contributed by atoms with Crippen molar-refractivity contribution in [2.75, 3.05) is 19.6 Å². The predicted octanol–water partition coefficient (Wildman–Crippen LogP) is 6.68. The average Bonchev–Trinajstić information content (AvgIpc) is 3.00. The molecule has 0 bridgehead atoms. The molecular formula is C33H35ClF4N4O5. The number of carbonyl (C=O) groups excluding carboxylic acids is 3. The van der Waals surface area contributed by atoms with Crippen LogP contribution in [0.1, 0.15) is 44.5 Å². The van der Waals surface area contributed by atoms with E-state index in [1.807, 2.05) is 0 Å². The number of benzene rings is 2. The fourth-order valence-corrected chi connectivity index (χ4v) is 5.31. The molecule has 0 aliphatic carbocycles. The monoisotopic (exact) mass is 678 g/mol. The predicted molar refractivity (Wildman–Crippen MR) is 166 cm³/mol. The van der Waals surface area contributed by atoms with Crippen molar-refractivity contribution < 1.29 is 41.4 Å². The number of rotatable bonds is 9. The van der Waals surface area contributed by atoms with Crippen LogP contribution in [0.2, 0.25) is 5.02 Å². The van der Waals surface area contributed by atoms with Gasteiger partial charge in [0.05, 0.1) is 17.3 Å². The molecule has 0 saturated carbocycles. The van der Waals surface area contributed by atoms with Crippen LogP contribution in [0.3, 0.4) is 0 Å². The molecule has 4 rings (SSSR count). The van der Waals surface area contributed by atoms with E-state index >= 15 is 0 Å². The zero-order valence-corrected chi connectivity index (χ0v) is 26.9. The summed E-state index contributed by atoms with van der Waals surface area (Å²) >= 11 is 6.14. The Kier molecular flexibility index (Phi) is 10.7. The Morgan fingerprint density at radius 1 is 1.02 bits per heavy atom. The Hall–Kier alpha value is -4.39. The molecule has 252 valence electrons. The van der Waals surface area contributed by atoms with E-state index in [4.69, 9.17) is 16.3 Å². The van der Waals surface area contributed by atoms with E-state index in [1.54, 1.807) is 51.1 Å². The van der Waals surface area contributed by atoms with Crippen LogP contribution in [0.4, 0.5) is 27.2 Å². The van der Waals surface area contributed by atoms with Crippen LogP contribution in [0, 0.1) is 0 Å². The number of pyridine rings is 1. The van der Waals surface area contributed by atoms with E-state index in [0.717, 1.165) is 12.1 Å². The van der Waals surface area contributed by atoms with E-state index in [2.05, 4.69) is 15.0 Å². The summed E-state index contributed by atoms with van der Waals surface area (Å²) in [6.45, 7) is 6.31. The van der Waals surface area contributed by atoms with Crippen LogP contribution in [-0.4, -0.2) is 76.5 Å². The van der Waals surface area contributed by atoms with Gasteiger partial charge in [0, 0.05) is 25.7 Å². The third-order valence-electron chi connectivity index (χ3n) is 7.39. The minimum Gasteiger partial charge on any atom is -0.444 e. The lowest BCUT2D eigenvalue weighted by Crippen LogP contribution is -2.63. The Balaban J connectivity index is 1.80. The molecule has 14 heteroatoms. The van der Waals surface area contributed by atoms with Gasteiger partial charge in [0.25, 0.3) is 0 Å². The van der Waals surface area contributed by atoms with Crippen molar-refractivity contribution in [2.45, 2.75) is 63.8 Å². The minimum atomic E-state index is -4.79. The Labute approximate surface area is 274 Å². The maximum Gasteiger partial charge on any atom is 0.461 e. The van der Waals surface area contributed by atoms with Crippen LogP contribution < -0.4 is 10.1 Å². The first-order valence-corrected chi connectivity index (χ1v) is 15.1. The van der Waals surface area contributed by atoms with Gasteiger partial charge < -0.3 is 24.6 Å². The minimum absolute atomic E-state index is 0.00547.